The molecule has 1 aliphatic rings. The monoisotopic (exact) mass is 262 g/mol. The Labute approximate surface area is 112 Å². The van der Waals surface area contributed by atoms with Crippen LogP contribution in [0.5, 0.6) is 5.75 Å². The Morgan fingerprint density at radius 3 is 2.63 bits per heavy atom. The number of amides is 1. The zero-order valence-corrected chi connectivity index (χ0v) is 11.6. The van der Waals surface area contributed by atoms with Crippen molar-refractivity contribution >= 4 is 23.1 Å². The third kappa shape index (κ3) is 2.16. The van der Waals surface area contributed by atoms with E-state index in [2.05, 4.69) is 0 Å². The highest BCUT2D eigenvalue weighted by atomic mass is 16.5. The lowest BCUT2D eigenvalue weighted by Gasteiger charge is -2.24. The van der Waals surface area contributed by atoms with Gasteiger partial charge in [-0.2, -0.15) is 0 Å². The summed E-state index contributed by atoms with van der Waals surface area (Å²) in [5.74, 6) is 0.302. The van der Waals surface area contributed by atoms with Gasteiger partial charge in [-0.25, -0.2) is 0 Å². The van der Waals surface area contributed by atoms with Crippen LogP contribution in [0, 0.1) is 5.41 Å². The van der Waals surface area contributed by atoms with Crippen molar-refractivity contribution in [2.45, 2.75) is 20.8 Å². The number of nitrogens with two attached hydrogens (primary N) is 1. The summed E-state index contributed by atoms with van der Waals surface area (Å²) in [5.41, 5.74) is 6.69. The Bertz CT molecular complexity index is 564. The van der Waals surface area contributed by atoms with E-state index >= 15 is 0 Å². The molecule has 0 spiro atoms. The van der Waals surface area contributed by atoms with Gasteiger partial charge < -0.3 is 15.4 Å². The molecule has 2 N–H and O–H groups in total. The second kappa shape index (κ2) is 4.26. The zero-order valence-electron chi connectivity index (χ0n) is 11.6. The highest BCUT2D eigenvalue weighted by Gasteiger charge is 2.36. The minimum atomic E-state index is -0.628. The minimum Gasteiger partial charge on any atom is -0.488 e. The number of fused-ring (bicyclic) bond motifs is 1. The number of rotatable bonds is 1. The summed E-state index contributed by atoms with van der Waals surface area (Å²) < 4.78 is 5.67. The second-order valence-electron chi connectivity index (χ2n) is 5.51. The Hall–Kier alpha value is -2.04. The Morgan fingerprint density at radius 2 is 2.05 bits per heavy atom. The Kier molecular flexibility index (Phi) is 3.00. The molecule has 102 valence electrons. The van der Waals surface area contributed by atoms with Gasteiger partial charge in [-0.3, -0.25) is 9.59 Å². The molecule has 0 fully saturated rings. The fraction of sp³-hybridized carbons (Fsp3) is 0.429. The molecule has 1 amide bonds. The molecular weight excluding hydrogens is 244 g/mol. The first-order valence-corrected chi connectivity index (χ1v) is 6.09. The van der Waals surface area contributed by atoms with Crippen molar-refractivity contribution in [3.63, 3.8) is 0 Å². The lowest BCUT2D eigenvalue weighted by molar-refractivity contribution is -0.127. The van der Waals surface area contributed by atoms with Gasteiger partial charge in [-0.1, -0.05) is 0 Å². The second-order valence-corrected chi connectivity index (χ2v) is 5.51. The van der Waals surface area contributed by atoms with Gasteiger partial charge in [0, 0.05) is 12.6 Å². The predicted molar refractivity (Wildman–Crippen MR) is 73.5 cm³/mol. The molecule has 0 bridgehead atoms. The number of hydrogen-bond acceptors (Lipinski definition) is 4. The van der Waals surface area contributed by atoms with Crippen molar-refractivity contribution in [3.05, 3.63) is 17.7 Å². The first kappa shape index (κ1) is 13.4. The van der Waals surface area contributed by atoms with Crippen LogP contribution in [0.25, 0.3) is 0 Å². The summed E-state index contributed by atoms with van der Waals surface area (Å²) in [6.07, 6.45) is 0. The van der Waals surface area contributed by atoms with Crippen molar-refractivity contribution < 1.29 is 14.3 Å². The van der Waals surface area contributed by atoms with Crippen LogP contribution < -0.4 is 15.4 Å². The number of nitrogen functional groups attached to an aromatic ring is 1. The first-order chi connectivity index (χ1) is 8.74. The molecular formula is C14H18N2O3. The molecule has 0 aromatic heterocycles. The normalized spacial score (nSPS) is 17.5. The number of anilines is 2. The van der Waals surface area contributed by atoms with Crippen molar-refractivity contribution in [1.29, 1.82) is 0 Å². The Morgan fingerprint density at radius 1 is 1.42 bits per heavy atom. The van der Waals surface area contributed by atoms with E-state index in [0.717, 1.165) is 0 Å². The number of hydrogen-bond donors (Lipinski definition) is 1. The van der Waals surface area contributed by atoms with Gasteiger partial charge in [0.2, 0.25) is 5.91 Å². The number of ketones is 1. The number of Topliss-reactive ketones (excluding diaryl/α,β-unsaturated/α-hetero) is 1. The van der Waals surface area contributed by atoms with Gasteiger partial charge in [0.15, 0.2) is 11.5 Å². The molecule has 0 aliphatic carbocycles. The fourth-order valence-electron chi connectivity index (χ4n) is 2.12. The molecule has 1 aliphatic heterocycles. The van der Waals surface area contributed by atoms with E-state index in [-0.39, 0.29) is 18.3 Å². The topological polar surface area (TPSA) is 72.6 Å². The lowest BCUT2D eigenvalue weighted by Crippen LogP contribution is -2.39. The highest BCUT2D eigenvalue weighted by molar-refractivity contribution is 6.03. The maximum absolute atomic E-state index is 12.3. The molecule has 0 unspecified atom stereocenters. The molecule has 5 heteroatoms. The van der Waals surface area contributed by atoms with Crippen LogP contribution in [-0.2, 0) is 4.79 Å². The average molecular weight is 262 g/mol. The van der Waals surface area contributed by atoms with E-state index in [0.29, 0.717) is 22.7 Å². The summed E-state index contributed by atoms with van der Waals surface area (Å²) in [5, 5.41) is 0. The van der Waals surface area contributed by atoms with Crippen LogP contribution in [0.3, 0.4) is 0 Å². The molecule has 0 atom stereocenters. The highest BCUT2D eigenvalue weighted by Crippen LogP contribution is 2.40. The summed E-state index contributed by atoms with van der Waals surface area (Å²) in [6.45, 7) is 5.36. The van der Waals surface area contributed by atoms with Gasteiger partial charge in [0.05, 0.1) is 16.8 Å². The summed E-state index contributed by atoms with van der Waals surface area (Å²) in [4.78, 5) is 25.3. The third-order valence-corrected chi connectivity index (χ3v) is 3.33. The van der Waals surface area contributed by atoms with Crippen molar-refractivity contribution in [2.75, 3.05) is 24.3 Å². The summed E-state index contributed by atoms with van der Waals surface area (Å²) in [7, 11) is 1.67. The van der Waals surface area contributed by atoms with Crippen LogP contribution in [0.1, 0.15) is 31.1 Å². The van der Waals surface area contributed by atoms with Crippen molar-refractivity contribution in [2.24, 2.45) is 5.41 Å². The molecule has 1 heterocycles. The van der Waals surface area contributed by atoms with Crippen LogP contribution in [0.15, 0.2) is 12.1 Å². The van der Waals surface area contributed by atoms with E-state index in [4.69, 9.17) is 10.5 Å². The van der Waals surface area contributed by atoms with Gasteiger partial charge in [0.1, 0.15) is 6.61 Å². The maximum Gasteiger partial charge on any atom is 0.235 e. The van der Waals surface area contributed by atoms with Gasteiger partial charge in [-0.05, 0) is 32.9 Å². The molecule has 5 nitrogen and oxygen atoms in total. The largest absolute Gasteiger partial charge is 0.488 e. The van der Waals surface area contributed by atoms with E-state index in [1.54, 1.807) is 19.2 Å². The number of benzene rings is 1. The quantitative estimate of drug-likeness (QED) is 0.619. The van der Waals surface area contributed by atoms with Crippen molar-refractivity contribution in [3.8, 4) is 5.75 Å². The number of carbonyl (C=O) groups is 2. The molecule has 1 aromatic carbocycles. The Balaban J connectivity index is 2.62. The standard InChI is InChI=1S/C14H18N2O3/c1-8(17)9-5-10(15)12-11(6-9)16(4)13(18)14(2,3)7-19-12/h5-6H,7,15H2,1-4H3. The minimum absolute atomic E-state index is 0.0636. The fourth-order valence-corrected chi connectivity index (χ4v) is 2.12. The molecule has 19 heavy (non-hydrogen) atoms. The van der Waals surface area contributed by atoms with E-state index in [1.165, 1.54) is 11.8 Å². The molecule has 0 saturated heterocycles. The molecule has 0 radical (unpaired) electrons. The van der Waals surface area contributed by atoms with Crippen LogP contribution in [0.4, 0.5) is 11.4 Å². The SMILES string of the molecule is CC(=O)c1cc(N)c2c(c1)N(C)C(=O)C(C)(C)CO2. The average Bonchev–Trinajstić information content (AvgIpc) is 2.41. The summed E-state index contributed by atoms with van der Waals surface area (Å²) in [6, 6.07) is 3.23. The number of ether oxygens (including phenoxy) is 1. The molecule has 0 saturated carbocycles. The predicted octanol–water partition coefficient (Wildman–Crippen LogP) is 1.85. The van der Waals surface area contributed by atoms with E-state index in [1.807, 2.05) is 13.8 Å². The van der Waals surface area contributed by atoms with E-state index < -0.39 is 5.41 Å². The number of nitrogens with zero attached hydrogens (tertiary/aromatic N) is 1. The van der Waals surface area contributed by atoms with Crippen LogP contribution in [-0.4, -0.2) is 25.3 Å². The van der Waals surface area contributed by atoms with Gasteiger partial charge in [-0.15, -0.1) is 0 Å². The van der Waals surface area contributed by atoms with Gasteiger partial charge >= 0.3 is 0 Å². The molecule has 1 aromatic rings. The molecule has 2 rings (SSSR count). The smallest absolute Gasteiger partial charge is 0.235 e. The third-order valence-electron chi connectivity index (χ3n) is 3.33. The van der Waals surface area contributed by atoms with Crippen molar-refractivity contribution in [1.82, 2.24) is 0 Å². The van der Waals surface area contributed by atoms with Crippen LogP contribution >= 0.6 is 0 Å². The zero-order chi connectivity index (χ0) is 14.4. The van der Waals surface area contributed by atoms with Crippen LogP contribution in [0.2, 0.25) is 0 Å². The summed E-state index contributed by atoms with van der Waals surface area (Å²) >= 11 is 0. The number of carbonyl (C=O) groups excluding carboxylic acids is 2. The van der Waals surface area contributed by atoms with E-state index in [9.17, 15) is 9.59 Å². The van der Waals surface area contributed by atoms with Gasteiger partial charge in [0.25, 0.3) is 0 Å². The maximum atomic E-state index is 12.3. The first-order valence-electron chi connectivity index (χ1n) is 6.09. The lowest BCUT2D eigenvalue weighted by atomic mass is 9.93.